The summed E-state index contributed by atoms with van der Waals surface area (Å²) in [5.41, 5.74) is 3.07. The van der Waals surface area contributed by atoms with Crippen LogP contribution in [0.3, 0.4) is 0 Å². The Bertz CT molecular complexity index is 506. The molecule has 5 heteroatoms. The number of carbonyl (C=O) groups excluding carboxylic acids is 1. The summed E-state index contributed by atoms with van der Waals surface area (Å²) in [4.78, 5) is 14.7. The molecule has 15 heavy (non-hydrogen) atoms. The highest BCUT2D eigenvalue weighted by Crippen LogP contribution is 2.13. The zero-order valence-electron chi connectivity index (χ0n) is 8.20. The highest BCUT2D eigenvalue weighted by molar-refractivity contribution is 9.18. The van der Waals surface area contributed by atoms with Gasteiger partial charge in [0.15, 0.2) is 0 Å². The number of aromatic nitrogens is 2. The van der Waals surface area contributed by atoms with Gasteiger partial charge in [0, 0.05) is 29.5 Å². The van der Waals surface area contributed by atoms with E-state index in [1.807, 2.05) is 29.8 Å². The first kappa shape index (κ1) is 10.2. The van der Waals surface area contributed by atoms with Gasteiger partial charge in [-0.3, -0.25) is 4.79 Å². The molecule has 1 amide bonds. The van der Waals surface area contributed by atoms with Crippen LogP contribution in [0, 0.1) is 0 Å². The van der Waals surface area contributed by atoms with Crippen molar-refractivity contribution in [2.75, 3.05) is 0 Å². The third-order valence-corrected chi connectivity index (χ3v) is 2.50. The van der Waals surface area contributed by atoms with Gasteiger partial charge in [-0.1, -0.05) is 6.07 Å². The van der Waals surface area contributed by atoms with Crippen molar-refractivity contribution < 1.29 is 4.79 Å². The molecule has 0 radical (unpaired) electrons. The van der Waals surface area contributed by atoms with Crippen molar-refractivity contribution in [1.29, 1.82) is 0 Å². The summed E-state index contributed by atoms with van der Waals surface area (Å²) in [6, 6.07) is 5.95. The number of nitrogens with one attached hydrogen (secondary N) is 1. The first-order chi connectivity index (χ1) is 7.16. The summed E-state index contributed by atoms with van der Waals surface area (Å²) in [5.74, 6) is 0. The molecular weight excluding hydrogens is 258 g/mol. The quantitative estimate of drug-likeness (QED) is 0.670. The largest absolute Gasteiger partial charge is 0.343 e. The molecule has 1 aromatic heterocycles. The maximum Gasteiger partial charge on any atom is 0.287 e. The van der Waals surface area contributed by atoms with E-state index in [2.05, 4.69) is 26.2 Å². The van der Waals surface area contributed by atoms with Crippen LogP contribution in [0.5, 0.6) is 0 Å². The molecule has 0 bridgehead atoms. The molecular formula is C10H10BrN3O. The molecule has 78 valence electrons. The fraction of sp³-hybridized carbons (Fsp3) is 0.200. The van der Waals surface area contributed by atoms with Crippen LogP contribution in [0.4, 0.5) is 4.79 Å². The van der Waals surface area contributed by atoms with E-state index in [-0.39, 0.29) is 4.82 Å². The third kappa shape index (κ3) is 2.18. The van der Waals surface area contributed by atoms with Crippen molar-refractivity contribution in [3.05, 3.63) is 30.1 Å². The Morgan fingerprint density at radius 3 is 3.13 bits per heavy atom. The Morgan fingerprint density at radius 1 is 1.60 bits per heavy atom. The molecule has 0 saturated carbocycles. The molecule has 0 atom stereocenters. The average molecular weight is 268 g/mol. The van der Waals surface area contributed by atoms with Gasteiger partial charge in [0.1, 0.15) is 0 Å². The fourth-order valence-corrected chi connectivity index (χ4v) is 1.60. The van der Waals surface area contributed by atoms with Gasteiger partial charge in [-0.2, -0.15) is 0 Å². The molecule has 2 aromatic rings. The zero-order valence-corrected chi connectivity index (χ0v) is 9.78. The van der Waals surface area contributed by atoms with Crippen LogP contribution in [0.15, 0.2) is 24.5 Å². The first-order valence-corrected chi connectivity index (χ1v) is 5.29. The van der Waals surface area contributed by atoms with Crippen molar-refractivity contribution in [3.63, 3.8) is 0 Å². The second-order valence-corrected chi connectivity index (χ2v) is 4.03. The van der Waals surface area contributed by atoms with Crippen LogP contribution >= 0.6 is 15.9 Å². The normalized spacial score (nSPS) is 10.5. The Balaban J connectivity index is 2.27. The van der Waals surface area contributed by atoms with Crippen molar-refractivity contribution in [2.45, 2.75) is 6.54 Å². The smallest absolute Gasteiger partial charge is 0.287 e. The lowest BCUT2D eigenvalue weighted by molar-refractivity contribution is 0.261. The Labute approximate surface area is 95.4 Å². The number of halogens is 1. The SMILES string of the molecule is Cn1cnc2cc(CNC(=O)Br)ccc21. The summed E-state index contributed by atoms with van der Waals surface area (Å²) in [6.07, 6.45) is 1.78. The molecule has 0 spiro atoms. The average Bonchev–Trinajstić information content (AvgIpc) is 2.57. The number of hydrogen-bond acceptors (Lipinski definition) is 2. The number of aryl methyl sites for hydroxylation is 1. The minimum atomic E-state index is -0.205. The van der Waals surface area contributed by atoms with E-state index >= 15 is 0 Å². The standard InChI is InChI=1S/C10H10BrN3O/c1-14-6-13-8-4-7(2-3-9(8)14)5-12-10(11)15/h2-4,6H,5H2,1H3,(H,12,15). The number of benzene rings is 1. The number of imidazole rings is 1. The van der Waals surface area contributed by atoms with E-state index in [4.69, 9.17) is 0 Å². The van der Waals surface area contributed by atoms with E-state index in [0.29, 0.717) is 6.54 Å². The molecule has 1 N–H and O–H groups in total. The molecule has 0 fully saturated rings. The van der Waals surface area contributed by atoms with Crippen LogP contribution < -0.4 is 5.32 Å². The number of hydrogen-bond donors (Lipinski definition) is 1. The second-order valence-electron chi connectivity index (χ2n) is 3.31. The lowest BCUT2D eigenvalue weighted by Gasteiger charge is -2.01. The van der Waals surface area contributed by atoms with Gasteiger partial charge in [-0.15, -0.1) is 0 Å². The Morgan fingerprint density at radius 2 is 2.40 bits per heavy atom. The Hall–Kier alpha value is -1.36. The van der Waals surface area contributed by atoms with Gasteiger partial charge in [-0.25, -0.2) is 4.98 Å². The van der Waals surface area contributed by atoms with Crippen molar-refractivity contribution in [2.24, 2.45) is 7.05 Å². The molecule has 0 aliphatic carbocycles. The minimum absolute atomic E-state index is 0.205. The predicted octanol–water partition coefficient (Wildman–Crippen LogP) is 2.18. The topological polar surface area (TPSA) is 46.9 Å². The number of fused-ring (bicyclic) bond motifs is 1. The van der Waals surface area contributed by atoms with Gasteiger partial charge < -0.3 is 9.88 Å². The monoisotopic (exact) mass is 267 g/mol. The lowest BCUT2D eigenvalue weighted by Crippen LogP contribution is -2.14. The number of amides is 1. The van der Waals surface area contributed by atoms with E-state index in [1.165, 1.54) is 0 Å². The van der Waals surface area contributed by atoms with Gasteiger partial charge in [0.2, 0.25) is 0 Å². The second kappa shape index (κ2) is 4.02. The van der Waals surface area contributed by atoms with Crippen LogP contribution in [0.2, 0.25) is 0 Å². The predicted molar refractivity (Wildman–Crippen MR) is 61.9 cm³/mol. The van der Waals surface area contributed by atoms with E-state index in [9.17, 15) is 4.79 Å². The van der Waals surface area contributed by atoms with Crippen LogP contribution in [0.25, 0.3) is 11.0 Å². The van der Waals surface area contributed by atoms with Crippen LogP contribution in [0.1, 0.15) is 5.56 Å². The van der Waals surface area contributed by atoms with E-state index < -0.39 is 0 Å². The third-order valence-electron chi connectivity index (χ3n) is 2.22. The van der Waals surface area contributed by atoms with Crippen molar-refractivity contribution in [3.8, 4) is 0 Å². The van der Waals surface area contributed by atoms with Crippen molar-refractivity contribution in [1.82, 2.24) is 14.9 Å². The summed E-state index contributed by atoms with van der Waals surface area (Å²) >= 11 is 2.82. The maximum absolute atomic E-state index is 10.7. The first-order valence-electron chi connectivity index (χ1n) is 4.50. The maximum atomic E-state index is 10.7. The highest BCUT2D eigenvalue weighted by Gasteiger charge is 2.01. The highest BCUT2D eigenvalue weighted by atomic mass is 79.9. The molecule has 2 rings (SSSR count). The lowest BCUT2D eigenvalue weighted by atomic mass is 10.2. The van der Waals surface area contributed by atoms with Crippen LogP contribution in [-0.4, -0.2) is 14.4 Å². The molecule has 0 saturated heterocycles. The van der Waals surface area contributed by atoms with Gasteiger partial charge >= 0.3 is 0 Å². The van der Waals surface area contributed by atoms with Gasteiger partial charge in [-0.05, 0) is 17.7 Å². The summed E-state index contributed by atoms with van der Waals surface area (Å²) < 4.78 is 1.96. The summed E-state index contributed by atoms with van der Waals surface area (Å²) in [5, 5.41) is 2.68. The molecule has 0 unspecified atom stereocenters. The molecule has 1 aromatic carbocycles. The number of nitrogens with zero attached hydrogens (tertiary/aromatic N) is 2. The van der Waals surface area contributed by atoms with E-state index in [1.54, 1.807) is 6.33 Å². The Kier molecular flexibility index (Phi) is 2.73. The molecule has 0 aliphatic heterocycles. The summed E-state index contributed by atoms with van der Waals surface area (Å²) in [7, 11) is 1.95. The van der Waals surface area contributed by atoms with Gasteiger partial charge in [0.05, 0.1) is 17.4 Å². The van der Waals surface area contributed by atoms with Crippen molar-refractivity contribution >= 4 is 31.8 Å². The summed E-state index contributed by atoms with van der Waals surface area (Å²) in [6.45, 7) is 0.511. The number of rotatable bonds is 2. The van der Waals surface area contributed by atoms with E-state index in [0.717, 1.165) is 16.6 Å². The molecule has 0 aliphatic rings. The number of carbonyl (C=O) groups is 1. The zero-order chi connectivity index (χ0) is 10.8. The van der Waals surface area contributed by atoms with Crippen LogP contribution in [-0.2, 0) is 13.6 Å². The minimum Gasteiger partial charge on any atom is -0.343 e. The molecule has 1 heterocycles. The molecule has 4 nitrogen and oxygen atoms in total. The van der Waals surface area contributed by atoms with Gasteiger partial charge in [0.25, 0.3) is 4.82 Å². The fourth-order valence-electron chi connectivity index (χ4n) is 1.46.